The van der Waals surface area contributed by atoms with Gasteiger partial charge in [-0.05, 0) is 36.8 Å². The van der Waals surface area contributed by atoms with Gasteiger partial charge in [-0.2, -0.15) is 4.98 Å². The molecule has 4 aromatic rings. The van der Waals surface area contributed by atoms with Gasteiger partial charge in [-0.3, -0.25) is 4.79 Å². The topological polar surface area (TPSA) is 107 Å². The average Bonchev–Trinajstić information content (AvgIpc) is 3.44. The van der Waals surface area contributed by atoms with Crippen LogP contribution in [-0.2, 0) is 17.0 Å². The Hall–Kier alpha value is -3.17. The number of halogens is 1. The van der Waals surface area contributed by atoms with Crippen LogP contribution in [0.4, 0.5) is 5.69 Å². The molecule has 0 aliphatic heterocycles. The average molecular weight is 456 g/mol. The van der Waals surface area contributed by atoms with Crippen LogP contribution in [0.3, 0.4) is 0 Å². The lowest BCUT2D eigenvalue weighted by molar-refractivity contribution is -0.116. The molecule has 0 radical (unpaired) electrons. The van der Waals surface area contributed by atoms with Gasteiger partial charge in [-0.25, -0.2) is 0 Å². The van der Waals surface area contributed by atoms with E-state index in [1.54, 1.807) is 6.07 Å². The lowest BCUT2D eigenvalue weighted by Crippen LogP contribution is -2.12. The molecule has 1 amide bonds. The van der Waals surface area contributed by atoms with Gasteiger partial charge < -0.3 is 14.3 Å². The van der Waals surface area contributed by atoms with Crippen LogP contribution in [0.5, 0.6) is 0 Å². The maximum atomic E-state index is 12.1. The molecule has 2 aromatic heterocycles. The third-order valence-electron chi connectivity index (χ3n) is 4.28. The number of aryl methyl sites for hydroxylation is 2. The van der Waals surface area contributed by atoms with Crippen molar-refractivity contribution in [2.45, 2.75) is 30.7 Å². The second kappa shape index (κ2) is 9.76. The minimum Gasteiger partial charge on any atom is -0.411 e. The van der Waals surface area contributed by atoms with Gasteiger partial charge in [0.25, 0.3) is 5.22 Å². The number of carbonyl (C=O) groups excluding carboxylic acids is 1. The van der Waals surface area contributed by atoms with E-state index >= 15 is 0 Å². The van der Waals surface area contributed by atoms with Crippen molar-refractivity contribution < 1.29 is 13.7 Å². The third-order valence-corrected chi connectivity index (χ3v) is 5.51. The first-order chi connectivity index (χ1) is 15.1. The Morgan fingerprint density at radius 1 is 1.16 bits per heavy atom. The van der Waals surface area contributed by atoms with Gasteiger partial charge in [0.2, 0.25) is 17.7 Å². The van der Waals surface area contributed by atoms with Crippen LogP contribution in [0.15, 0.2) is 62.7 Å². The molecule has 0 saturated carbocycles. The zero-order valence-electron chi connectivity index (χ0n) is 16.5. The van der Waals surface area contributed by atoms with Crippen LogP contribution in [0, 0.1) is 6.92 Å². The fourth-order valence-electron chi connectivity index (χ4n) is 2.66. The minimum atomic E-state index is -0.159. The fraction of sp³-hybridized carbons (Fsp3) is 0.190. The van der Waals surface area contributed by atoms with Crippen molar-refractivity contribution in [3.05, 3.63) is 70.8 Å². The van der Waals surface area contributed by atoms with Gasteiger partial charge in [-0.15, -0.1) is 10.2 Å². The smallest absolute Gasteiger partial charge is 0.277 e. The van der Waals surface area contributed by atoms with Crippen molar-refractivity contribution in [3.63, 3.8) is 0 Å². The Kier molecular flexibility index (Phi) is 6.63. The van der Waals surface area contributed by atoms with E-state index in [2.05, 4.69) is 25.7 Å². The number of anilines is 1. The highest BCUT2D eigenvalue weighted by Gasteiger charge is 2.13. The van der Waals surface area contributed by atoms with E-state index in [4.69, 9.17) is 20.5 Å². The second-order valence-corrected chi connectivity index (χ2v) is 7.98. The number of hydrogen-bond acceptors (Lipinski definition) is 8. The zero-order valence-corrected chi connectivity index (χ0v) is 18.1. The summed E-state index contributed by atoms with van der Waals surface area (Å²) < 4.78 is 10.9. The highest BCUT2D eigenvalue weighted by molar-refractivity contribution is 7.98. The molecule has 4 rings (SSSR count). The molecular weight excluding hydrogens is 438 g/mol. The first-order valence-corrected chi connectivity index (χ1v) is 10.8. The van der Waals surface area contributed by atoms with Crippen LogP contribution in [0.25, 0.3) is 11.5 Å². The zero-order chi connectivity index (χ0) is 21.6. The van der Waals surface area contributed by atoms with Crippen molar-refractivity contribution in [3.8, 4) is 11.5 Å². The summed E-state index contributed by atoms with van der Waals surface area (Å²) in [7, 11) is 0. The predicted octanol–water partition coefficient (Wildman–Crippen LogP) is 4.95. The van der Waals surface area contributed by atoms with Crippen LogP contribution < -0.4 is 5.32 Å². The Morgan fingerprint density at radius 2 is 2.00 bits per heavy atom. The van der Waals surface area contributed by atoms with E-state index in [-0.39, 0.29) is 12.3 Å². The molecule has 158 valence electrons. The molecule has 0 bridgehead atoms. The molecule has 0 spiro atoms. The standard InChI is InChI=1S/C21H18ClN5O3S/c1-13-7-8-15(11-16(13)22)23-18(28)9-10-19-24-17(27-30-19)12-31-21-26-25-20(29-21)14-5-3-2-4-6-14/h2-8,11H,9-10,12H2,1H3,(H,23,28). The molecule has 0 unspecified atom stereocenters. The number of thioether (sulfide) groups is 1. The first kappa shape index (κ1) is 21.1. The Balaban J connectivity index is 1.25. The summed E-state index contributed by atoms with van der Waals surface area (Å²) in [6.45, 7) is 1.90. The third kappa shape index (κ3) is 5.71. The number of rotatable bonds is 8. The Morgan fingerprint density at radius 3 is 2.81 bits per heavy atom. The molecule has 10 heteroatoms. The molecule has 0 saturated heterocycles. The summed E-state index contributed by atoms with van der Waals surface area (Å²) in [4.78, 5) is 16.4. The molecule has 31 heavy (non-hydrogen) atoms. The molecule has 1 N–H and O–H groups in total. The maximum absolute atomic E-state index is 12.1. The predicted molar refractivity (Wildman–Crippen MR) is 117 cm³/mol. The lowest BCUT2D eigenvalue weighted by atomic mass is 10.2. The van der Waals surface area contributed by atoms with E-state index in [1.807, 2.05) is 49.4 Å². The van der Waals surface area contributed by atoms with Crippen LogP contribution in [-0.4, -0.2) is 26.2 Å². The summed E-state index contributed by atoms with van der Waals surface area (Å²) in [5.41, 5.74) is 2.46. The molecule has 8 nitrogen and oxygen atoms in total. The van der Waals surface area contributed by atoms with Crippen molar-refractivity contribution >= 4 is 35.0 Å². The van der Waals surface area contributed by atoms with Crippen LogP contribution >= 0.6 is 23.4 Å². The van der Waals surface area contributed by atoms with Gasteiger partial charge in [0.05, 0.1) is 5.75 Å². The number of benzene rings is 2. The molecular formula is C21H18ClN5O3S. The fourth-order valence-corrected chi connectivity index (χ4v) is 3.44. The highest BCUT2D eigenvalue weighted by atomic mass is 35.5. The van der Waals surface area contributed by atoms with E-state index in [0.717, 1.165) is 11.1 Å². The van der Waals surface area contributed by atoms with Crippen LogP contribution in [0.2, 0.25) is 5.02 Å². The van der Waals surface area contributed by atoms with Crippen molar-refractivity contribution in [1.29, 1.82) is 0 Å². The molecule has 0 fully saturated rings. The highest BCUT2D eigenvalue weighted by Crippen LogP contribution is 2.25. The number of hydrogen-bond donors (Lipinski definition) is 1. The minimum absolute atomic E-state index is 0.159. The maximum Gasteiger partial charge on any atom is 0.277 e. The number of aromatic nitrogens is 4. The summed E-state index contributed by atoms with van der Waals surface area (Å²) >= 11 is 7.39. The SMILES string of the molecule is Cc1ccc(NC(=O)CCc2nc(CSc3nnc(-c4ccccc4)o3)no2)cc1Cl. The van der Waals surface area contributed by atoms with E-state index in [1.165, 1.54) is 11.8 Å². The number of nitrogens with zero attached hydrogens (tertiary/aromatic N) is 4. The monoisotopic (exact) mass is 455 g/mol. The molecule has 2 heterocycles. The van der Waals surface area contributed by atoms with Gasteiger partial charge in [-0.1, -0.05) is 52.8 Å². The molecule has 0 aliphatic rings. The van der Waals surface area contributed by atoms with Gasteiger partial charge in [0.1, 0.15) is 0 Å². The number of carbonyl (C=O) groups is 1. The second-order valence-electron chi connectivity index (χ2n) is 6.64. The molecule has 2 aromatic carbocycles. The largest absolute Gasteiger partial charge is 0.411 e. The number of nitrogens with one attached hydrogen (secondary N) is 1. The van der Waals surface area contributed by atoms with Gasteiger partial charge in [0, 0.05) is 29.1 Å². The summed E-state index contributed by atoms with van der Waals surface area (Å²) in [6.07, 6.45) is 0.548. The van der Waals surface area contributed by atoms with E-state index < -0.39 is 0 Å². The quantitative estimate of drug-likeness (QED) is 0.372. The summed E-state index contributed by atoms with van der Waals surface area (Å²) in [5.74, 6) is 1.59. The van der Waals surface area contributed by atoms with E-state index in [9.17, 15) is 4.79 Å². The normalized spacial score (nSPS) is 10.9. The van der Waals surface area contributed by atoms with Crippen molar-refractivity contribution in [1.82, 2.24) is 20.3 Å². The number of amides is 1. The van der Waals surface area contributed by atoms with Crippen molar-refractivity contribution in [2.24, 2.45) is 0 Å². The molecule has 0 aliphatic carbocycles. The lowest BCUT2D eigenvalue weighted by Gasteiger charge is -2.06. The molecule has 0 atom stereocenters. The summed E-state index contributed by atoms with van der Waals surface area (Å²) in [5, 5.41) is 15.8. The van der Waals surface area contributed by atoms with E-state index in [0.29, 0.717) is 45.7 Å². The summed E-state index contributed by atoms with van der Waals surface area (Å²) in [6, 6.07) is 14.9. The van der Waals surface area contributed by atoms with Crippen molar-refractivity contribution in [2.75, 3.05) is 5.32 Å². The Bertz CT molecular complexity index is 1180. The van der Waals surface area contributed by atoms with Gasteiger partial charge in [0.15, 0.2) is 5.82 Å². The van der Waals surface area contributed by atoms with Crippen LogP contribution in [0.1, 0.15) is 23.7 Å². The van der Waals surface area contributed by atoms with Gasteiger partial charge >= 0.3 is 0 Å². The first-order valence-electron chi connectivity index (χ1n) is 9.46. The Labute approximate surface area is 187 Å².